The fraction of sp³-hybridized carbons (Fsp3) is 0.200. The van der Waals surface area contributed by atoms with Crippen LogP contribution >= 0.6 is 27.7 Å². The van der Waals surface area contributed by atoms with Gasteiger partial charge in [0.15, 0.2) is 11.5 Å². The number of thioether (sulfide) groups is 1. The van der Waals surface area contributed by atoms with E-state index in [4.69, 9.17) is 9.47 Å². The summed E-state index contributed by atoms with van der Waals surface area (Å²) in [5, 5.41) is 0. The highest BCUT2D eigenvalue weighted by atomic mass is 79.9. The van der Waals surface area contributed by atoms with Gasteiger partial charge < -0.3 is 9.47 Å². The Kier molecular flexibility index (Phi) is 3.71. The molecule has 3 rings (SSSR count). The first-order valence-electron chi connectivity index (χ1n) is 5.97. The van der Waals surface area contributed by atoms with Crippen LogP contribution in [-0.2, 0) is 6.42 Å². The zero-order chi connectivity index (χ0) is 13.2. The molecule has 2 aromatic carbocycles. The molecule has 0 amide bonds. The van der Waals surface area contributed by atoms with E-state index >= 15 is 0 Å². The first kappa shape index (κ1) is 12.9. The van der Waals surface area contributed by atoms with E-state index in [1.54, 1.807) is 11.8 Å². The molecule has 2 nitrogen and oxygen atoms in total. The van der Waals surface area contributed by atoms with Crippen LogP contribution in [0.3, 0.4) is 0 Å². The molecular formula is C15H13BrO2S. The van der Waals surface area contributed by atoms with Crippen molar-refractivity contribution in [1.82, 2.24) is 0 Å². The fourth-order valence-corrected chi connectivity index (χ4v) is 3.03. The smallest absolute Gasteiger partial charge is 0.231 e. The number of rotatable bonds is 3. The van der Waals surface area contributed by atoms with E-state index in [-0.39, 0.29) is 0 Å². The van der Waals surface area contributed by atoms with Gasteiger partial charge in [0.25, 0.3) is 0 Å². The van der Waals surface area contributed by atoms with Gasteiger partial charge in [-0.15, -0.1) is 11.8 Å². The minimum atomic E-state index is 0.310. The largest absolute Gasteiger partial charge is 0.454 e. The van der Waals surface area contributed by atoms with Crippen LogP contribution in [0.4, 0.5) is 0 Å². The normalized spacial score (nSPS) is 12.7. The predicted molar refractivity (Wildman–Crippen MR) is 81.3 cm³/mol. The first-order chi connectivity index (χ1) is 9.26. The molecule has 0 bridgehead atoms. The molecule has 1 aliphatic rings. The van der Waals surface area contributed by atoms with Crippen LogP contribution < -0.4 is 9.47 Å². The van der Waals surface area contributed by atoms with Gasteiger partial charge in [-0.1, -0.05) is 28.1 Å². The van der Waals surface area contributed by atoms with Crippen LogP contribution in [0.5, 0.6) is 11.5 Å². The number of hydrogen-bond acceptors (Lipinski definition) is 3. The van der Waals surface area contributed by atoms with Crippen molar-refractivity contribution in [2.45, 2.75) is 11.3 Å². The number of halogens is 1. The molecule has 0 spiro atoms. The van der Waals surface area contributed by atoms with Gasteiger partial charge in [-0.25, -0.2) is 0 Å². The number of hydrogen-bond donors (Lipinski definition) is 0. The van der Waals surface area contributed by atoms with E-state index < -0.39 is 0 Å². The van der Waals surface area contributed by atoms with E-state index in [9.17, 15) is 0 Å². The molecule has 19 heavy (non-hydrogen) atoms. The second kappa shape index (κ2) is 5.47. The molecule has 2 aromatic rings. The fourth-order valence-electron chi connectivity index (χ4n) is 2.14. The van der Waals surface area contributed by atoms with Crippen molar-refractivity contribution in [2.24, 2.45) is 0 Å². The zero-order valence-electron chi connectivity index (χ0n) is 10.5. The minimum Gasteiger partial charge on any atom is -0.454 e. The summed E-state index contributed by atoms with van der Waals surface area (Å²) in [6.45, 7) is 0.310. The molecule has 0 N–H and O–H groups in total. The maximum absolute atomic E-state index is 5.55. The number of ether oxygens (including phenoxy) is 2. The van der Waals surface area contributed by atoms with Crippen molar-refractivity contribution in [1.29, 1.82) is 0 Å². The average molecular weight is 337 g/mol. The average Bonchev–Trinajstić information content (AvgIpc) is 2.88. The van der Waals surface area contributed by atoms with Crippen LogP contribution in [0.15, 0.2) is 45.8 Å². The molecule has 1 aliphatic heterocycles. The molecule has 0 saturated heterocycles. The summed E-state index contributed by atoms with van der Waals surface area (Å²) < 4.78 is 12.0. The summed E-state index contributed by atoms with van der Waals surface area (Å²) in [7, 11) is 0. The maximum Gasteiger partial charge on any atom is 0.231 e. The van der Waals surface area contributed by atoms with Gasteiger partial charge in [0.05, 0.1) is 0 Å². The lowest BCUT2D eigenvalue weighted by atomic mass is 10.0. The third kappa shape index (κ3) is 2.74. The van der Waals surface area contributed by atoms with E-state index in [0.717, 1.165) is 28.0 Å². The van der Waals surface area contributed by atoms with Gasteiger partial charge in [0, 0.05) is 21.4 Å². The highest BCUT2D eigenvalue weighted by Gasteiger charge is 2.18. The topological polar surface area (TPSA) is 18.5 Å². The van der Waals surface area contributed by atoms with Gasteiger partial charge in [0.1, 0.15) is 0 Å². The summed E-state index contributed by atoms with van der Waals surface area (Å²) in [5.41, 5.74) is 2.42. The molecule has 0 saturated carbocycles. The molecule has 0 aromatic heterocycles. The summed E-state index contributed by atoms with van der Waals surface area (Å²) in [6, 6.07) is 12.7. The van der Waals surface area contributed by atoms with Gasteiger partial charge in [-0.3, -0.25) is 0 Å². The van der Waals surface area contributed by atoms with Crippen LogP contribution in [0, 0.1) is 0 Å². The third-order valence-corrected chi connectivity index (χ3v) is 4.27. The van der Waals surface area contributed by atoms with Crippen LogP contribution in [0.1, 0.15) is 11.1 Å². The summed E-state index contributed by atoms with van der Waals surface area (Å²) in [5.74, 6) is 1.70. The van der Waals surface area contributed by atoms with E-state index in [1.807, 2.05) is 6.07 Å². The summed E-state index contributed by atoms with van der Waals surface area (Å²) in [4.78, 5) is 1.28. The van der Waals surface area contributed by atoms with Gasteiger partial charge >= 0.3 is 0 Å². The molecule has 0 aliphatic carbocycles. The quantitative estimate of drug-likeness (QED) is 0.769. The molecule has 0 fully saturated rings. The van der Waals surface area contributed by atoms with Crippen LogP contribution in [0.25, 0.3) is 0 Å². The Morgan fingerprint density at radius 3 is 2.68 bits per heavy atom. The Bertz CT molecular complexity index is 596. The van der Waals surface area contributed by atoms with Gasteiger partial charge in [-0.05, 0) is 36.1 Å². The van der Waals surface area contributed by atoms with Crippen molar-refractivity contribution in [3.05, 3.63) is 52.0 Å². The minimum absolute atomic E-state index is 0.310. The lowest BCUT2D eigenvalue weighted by molar-refractivity contribution is 0.173. The molecule has 0 unspecified atom stereocenters. The molecule has 0 atom stereocenters. The highest BCUT2D eigenvalue weighted by Crippen LogP contribution is 2.39. The van der Waals surface area contributed by atoms with Crippen molar-refractivity contribution in [3.63, 3.8) is 0 Å². The maximum atomic E-state index is 5.55. The van der Waals surface area contributed by atoms with Gasteiger partial charge in [-0.2, -0.15) is 0 Å². The Labute approximate surface area is 125 Å². The molecular weight excluding hydrogens is 324 g/mol. The van der Waals surface area contributed by atoms with Crippen LogP contribution in [-0.4, -0.2) is 13.0 Å². The SMILES string of the molecule is CSc1ccc(Cc2cc(Br)cc3c2OCO3)cc1. The first-order valence-corrected chi connectivity index (χ1v) is 7.99. The second-order valence-corrected chi connectivity index (χ2v) is 6.12. The number of benzene rings is 2. The highest BCUT2D eigenvalue weighted by molar-refractivity contribution is 9.10. The van der Waals surface area contributed by atoms with Crippen molar-refractivity contribution in [2.75, 3.05) is 13.0 Å². The Balaban J connectivity index is 1.90. The Morgan fingerprint density at radius 1 is 1.16 bits per heavy atom. The Morgan fingerprint density at radius 2 is 1.95 bits per heavy atom. The zero-order valence-corrected chi connectivity index (χ0v) is 12.9. The summed E-state index contributed by atoms with van der Waals surface area (Å²) >= 11 is 5.27. The van der Waals surface area contributed by atoms with Crippen LogP contribution in [0.2, 0.25) is 0 Å². The molecule has 4 heteroatoms. The standard InChI is InChI=1S/C15H13BrO2S/c1-19-13-4-2-10(3-5-13)6-11-7-12(16)8-14-15(11)18-9-17-14/h2-5,7-8H,6,9H2,1H3. The Hall–Kier alpha value is -1.13. The second-order valence-electron chi connectivity index (χ2n) is 4.32. The lowest BCUT2D eigenvalue weighted by Gasteiger charge is -2.07. The monoisotopic (exact) mass is 336 g/mol. The van der Waals surface area contributed by atoms with Gasteiger partial charge in [0.2, 0.25) is 6.79 Å². The van der Waals surface area contributed by atoms with Crippen molar-refractivity contribution in [3.8, 4) is 11.5 Å². The molecule has 98 valence electrons. The van der Waals surface area contributed by atoms with Crippen molar-refractivity contribution >= 4 is 27.7 Å². The molecule has 0 radical (unpaired) electrons. The lowest BCUT2D eigenvalue weighted by Crippen LogP contribution is -1.95. The third-order valence-electron chi connectivity index (χ3n) is 3.07. The van der Waals surface area contributed by atoms with E-state index in [0.29, 0.717) is 6.79 Å². The van der Waals surface area contributed by atoms with Crippen molar-refractivity contribution < 1.29 is 9.47 Å². The van der Waals surface area contributed by atoms with E-state index in [2.05, 4.69) is 52.5 Å². The predicted octanol–water partition coefficient (Wildman–Crippen LogP) is 4.49. The molecule has 1 heterocycles. The van der Waals surface area contributed by atoms with E-state index in [1.165, 1.54) is 10.5 Å². The summed E-state index contributed by atoms with van der Waals surface area (Å²) in [6.07, 6.45) is 2.93. The number of fused-ring (bicyclic) bond motifs is 1.